The van der Waals surface area contributed by atoms with E-state index in [1.54, 1.807) is 23.0 Å². The van der Waals surface area contributed by atoms with E-state index in [9.17, 15) is 9.18 Å². The largest absolute Gasteiger partial charge is 0.336 e. The van der Waals surface area contributed by atoms with E-state index in [1.165, 1.54) is 6.07 Å². The van der Waals surface area contributed by atoms with E-state index in [0.29, 0.717) is 25.2 Å². The van der Waals surface area contributed by atoms with Crippen molar-refractivity contribution in [2.45, 2.75) is 6.54 Å². The third-order valence-electron chi connectivity index (χ3n) is 4.84. The van der Waals surface area contributed by atoms with Crippen LogP contribution in [0.15, 0.2) is 67.0 Å². The second-order valence-corrected chi connectivity index (χ2v) is 6.67. The number of aromatic nitrogens is 2. The molecule has 0 spiro atoms. The van der Waals surface area contributed by atoms with Gasteiger partial charge in [0.15, 0.2) is 0 Å². The number of hydrogen-bond acceptors (Lipinski definition) is 3. The molecule has 0 unspecified atom stereocenters. The molecular weight excluding hydrogens is 343 g/mol. The van der Waals surface area contributed by atoms with E-state index in [1.807, 2.05) is 47.5 Å². The highest BCUT2D eigenvalue weighted by atomic mass is 19.1. The van der Waals surface area contributed by atoms with Gasteiger partial charge in [0.05, 0.1) is 11.3 Å². The summed E-state index contributed by atoms with van der Waals surface area (Å²) in [5.41, 5.74) is 2.40. The van der Waals surface area contributed by atoms with Gasteiger partial charge >= 0.3 is 0 Å². The van der Waals surface area contributed by atoms with Crippen LogP contribution < -0.4 is 0 Å². The number of rotatable bonds is 4. The summed E-state index contributed by atoms with van der Waals surface area (Å²) in [6.45, 7) is 3.55. The Morgan fingerprint density at radius 1 is 1.00 bits per heavy atom. The van der Waals surface area contributed by atoms with Gasteiger partial charge in [0, 0.05) is 45.1 Å². The van der Waals surface area contributed by atoms with Crippen LogP contribution in [-0.4, -0.2) is 51.7 Å². The molecule has 0 atom stereocenters. The first-order valence-corrected chi connectivity index (χ1v) is 9.06. The predicted molar refractivity (Wildman–Crippen MR) is 101 cm³/mol. The molecule has 1 aliphatic heterocycles. The van der Waals surface area contributed by atoms with Gasteiger partial charge in [0.1, 0.15) is 5.82 Å². The van der Waals surface area contributed by atoms with Crippen molar-refractivity contribution < 1.29 is 9.18 Å². The molecule has 0 radical (unpaired) electrons. The standard InChI is InChI=1S/C21H21FN4O/c22-18-6-3-5-17(15-18)16-24-11-13-25(14-12-24)21(27)19-7-1-2-8-20(19)26-10-4-9-23-26/h1-10,15H,11-14,16H2. The van der Waals surface area contributed by atoms with Crippen molar-refractivity contribution in [1.29, 1.82) is 0 Å². The number of hydrogen-bond donors (Lipinski definition) is 0. The summed E-state index contributed by atoms with van der Waals surface area (Å²) in [6.07, 6.45) is 3.54. The minimum absolute atomic E-state index is 0.0199. The first kappa shape index (κ1) is 17.4. The Hall–Kier alpha value is -2.99. The van der Waals surface area contributed by atoms with Crippen molar-refractivity contribution in [3.8, 4) is 5.69 Å². The lowest BCUT2D eigenvalue weighted by Crippen LogP contribution is -2.48. The number of nitrogens with zero attached hydrogens (tertiary/aromatic N) is 4. The molecular formula is C21H21FN4O. The molecule has 4 rings (SSSR count). The molecule has 27 heavy (non-hydrogen) atoms. The van der Waals surface area contributed by atoms with E-state index in [4.69, 9.17) is 0 Å². The Balaban J connectivity index is 1.42. The van der Waals surface area contributed by atoms with Crippen LogP contribution in [0.1, 0.15) is 15.9 Å². The van der Waals surface area contributed by atoms with E-state index in [-0.39, 0.29) is 11.7 Å². The van der Waals surface area contributed by atoms with Gasteiger partial charge in [-0.1, -0.05) is 24.3 Å². The molecule has 5 nitrogen and oxygen atoms in total. The molecule has 0 bridgehead atoms. The molecule has 2 aromatic carbocycles. The molecule has 3 aromatic rings. The van der Waals surface area contributed by atoms with Crippen molar-refractivity contribution in [1.82, 2.24) is 19.6 Å². The fraction of sp³-hybridized carbons (Fsp3) is 0.238. The Kier molecular flexibility index (Phi) is 4.98. The average Bonchev–Trinajstić information content (AvgIpc) is 3.23. The number of para-hydroxylation sites is 1. The van der Waals surface area contributed by atoms with Gasteiger partial charge in [0.2, 0.25) is 0 Å². The fourth-order valence-corrected chi connectivity index (χ4v) is 3.44. The zero-order chi connectivity index (χ0) is 18.6. The van der Waals surface area contributed by atoms with Crippen LogP contribution in [-0.2, 0) is 6.54 Å². The second kappa shape index (κ2) is 7.72. The number of benzene rings is 2. The van der Waals surface area contributed by atoms with E-state index in [2.05, 4.69) is 10.00 Å². The monoisotopic (exact) mass is 364 g/mol. The van der Waals surface area contributed by atoms with Gasteiger partial charge in [-0.15, -0.1) is 0 Å². The van der Waals surface area contributed by atoms with Crippen LogP contribution in [0, 0.1) is 5.82 Å². The quantitative estimate of drug-likeness (QED) is 0.715. The topological polar surface area (TPSA) is 41.4 Å². The van der Waals surface area contributed by atoms with Crippen molar-refractivity contribution in [2.75, 3.05) is 26.2 Å². The molecule has 0 aliphatic carbocycles. The molecule has 138 valence electrons. The highest BCUT2D eigenvalue weighted by molar-refractivity contribution is 5.97. The molecule has 1 amide bonds. The van der Waals surface area contributed by atoms with Crippen LogP contribution in [0.2, 0.25) is 0 Å². The van der Waals surface area contributed by atoms with Gasteiger partial charge in [-0.3, -0.25) is 9.69 Å². The smallest absolute Gasteiger partial charge is 0.256 e. The Morgan fingerprint density at radius 2 is 1.81 bits per heavy atom. The molecule has 2 heterocycles. The maximum Gasteiger partial charge on any atom is 0.256 e. The van der Waals surface area contributed by atoms with Crippen LogP contribution in [0.5, 0.6) is 0 Å². The molecule has 1 saturated heterocycles. The average molecular weight is 364 g/mol. The van der Waals surface area contributed by atoms with Crippen molar-refractivity contribution in [3.05, 3.63) is 83.9 Å². The fourth-order valence-electron chi connectivity index (χ4n) is 3.44. The van der Waals surface area contributed by atoms with Gasteiger partial charge in [-0.2, -0.15) is 5.10 Å². The molecule has 6 heteroatoms. The molecule has 1 aliphatic rings. The number of carbonyl (C=O) groups is 1. The zero-order valence-electron chi connectivity index (χ0n) is 15.0. The van der Waals surface area contributed by atoms with Crippen molar-refractivity contribution in [2.24, 2.45) is 0 Å². The van der Waals surface area contributed by atoms with Crippen molar-refractivity contribution >= 4 is 5.91 Å². The van der Waals surface area contributed by atoms with E-state index >= 15 is 0 Å². The Morgan fingerprint density at radius 3 is 2.56 bits per heavy atom. The summed E-state index contributed by atoms with van der Waals surface area (Å²) in [6, 6.07) is 16.1. The Bertz CT molecular complexity index is 917. The predicted octanol–water partition coefficient (Wildman–Crippen LogP) is 2.97. The Labute approximate surface area is 157 Å². The van der Waals surface area contributed by atoms with Gasteiger partial charge in [-0.05, 0) is 35.9 Å². The number of halogens is 1. The summed E-state index contributed by atoms with van der Waals surface area (Å²) in [5.74, 6) is -0.192. The normalized spacial score (nSPS) is 15.1. The van der Waals surface area contributed by atoms with Gasteiger partial charge < -0.3 is 4.90 Å². The third-order valence-corrected chi connectivity index (χ3v) is 4.84. The number of carbonyl (C=O) groups excluding carboxylic acids is 1. The SMILES string of the molecule is O=C(c1ccccc1-n1cccn1)N1CCN(Cc2cccc(F)c2)CC1. The molecule has 1 fully saturated rings. The lowest BCUT2D eigenvalue weighted by Gasteiger charge is -2.35. The first-order valence-electron chi connectivity index (χ1n) is 9.06. The third kappa shape index (κ3) is 3.90. The first-order chi connectivity index (χ1) is 13.2. The van der Waals surface area contributed by atoms with Crippen LogP contribution in [0.25, 0.3) is 5.69 Å². The maximum atomic E-state index is 13.4. The maximum absolute atomic E-state index is 13.4. The second-order valence-electron chi connectivity index (χ2n) is 6.67. The van der Waals surface area contributed by atoms with Gasteiger partial charge in [-0.25, -0.2) is 9.07 Å². The summed E-state index contributed by atoms with van der Waals surface area (Å²) in [7, 11) is 0. The minimum atomic E-state index is -0.212. The van der Waals surface area contributed by atoms with E-state index in [0.717, 1.165) is 24.3 Å². The highest BCUT2D eigenvalue weighted by Crippen LogP contribution is 2.18. The molecule has 0 N–H and O–H groups in total. The zero-order valence-corrected chi connectivity index (χ0v) is 15.0. The molecule has 1 aromatic heterocycles. The summed E-state index contributed by atoms with van der Waals surface area (Å²) < 4.78 is 15.1. The van der Waals surface area contributed by atoms with E-state index < -0.39 is 0 Å². The minimum Gasteiger partial charge on any atom is -0.336 e. The summed E-state index contributed by atoms with van der Waals surface area (Å²) in [4.78, 5) is 17.2. The lowest BCUT2D eigenvalue weighted by molar-refractivity contribution is 0.0628. The van der Waals surface area contributed by atoms with Crippen LogP contribution in [0.4, 0.5) is 4.39 Å². The summed E-state index contributed by atoms with van der Waals surface area (Å²) >= 11 is 0. The molecule has 0 saturated carbocycles. The lowest BCUT2D eigenvalue weighted by atomic mass is 10.1. The number of amides is 1. The summed E-state index contributed by atoms with van der Waals surface area (Å²) in [5, 5.41) is 4.25. The van der Waals surface area contributed by atoms with Gasteiger partial charge in [0.25, 0.3) is 5.91 Å². The van der Waals surface area contributed by atoms with Crippen molar-refractivity contribution in [3.63, 3.8) is 0 Å². The number of piperazine rings is 1. The highest BCUT2D eigenvalue weighted by Gasteiger charge is 2.24. The van der Waals surface area contributed by atoms with Crippen LogP contribution in [0.3, 0.4) is 0 Å². The van der Waals surface area contributed by atoms with Crippen LogP contribution >= 0.6 is 0 Å².